The van der Waals surface area contributed by atoms with Crippen LogP contribution in [0.25, 0.3) is 0 Å². The van der Waals surface area contributed by atoms with Crippen LogP contribution in [0.1, 0.15) is 52.0 Å². The Kier molecular flexibility index (Phi) is 10.2. The zero-order valence-corrected chi connectivity index (χ0v) is 23.0. The Bertz CT molecular complexity index is 1400. The lowest BCUT2D eigenvalue weighted by Crippen LogP contribution is -2.20. The van der Waals surface area contributed by atoms with E-state index in [1.807, 2.05) is 6.92 Å². The van der Waals surface area contributed by atoms with Crippen LogP contribution >= 0.6 is 11.6 Å². The molecule has 0 bridgehead atoms. The molecular weight excluding hydrogens is 526 g/mol. The number of hydrogen-bond donors (Lipinski definition) is 4. The van der Waals surface area contributed by atoms with Crippen LogP contribution in [0.15, 0.2) is 59.6 Å². The Morgan fingerprint density at radius 2 is 1.63 bits per heavy atom. The Hall–Kier alpha value is -3.47. The highest BCUT2D eigenvalue weighted by molar-refractivity contribution is 7.90. The zero-order valence-electron chi connectivity index (χ0n) is 21.4. The normalized spacial score (nSPS) is 11.2. The summed E-state index contributed by atoms with van der Waals surface area (Å²) in [6.45, 7) is 3.04. The largest absolute Gasteiger partial charge is 0.384 e. The quantitative estimate of drug-likeness (QED) is 0.232. The molecule has 0 radical (unpaired) electrons. The summed E-state index contributed by atoms with van der Waals surface area (Å²) >= 11 is 5.87. The summed E-state index contributed by atoms with van der Waals surface area (Å²) in [7, 11) is -3.48. The van der Waals surface area contributed by atoms with E-state index in [9.17, 15) is 18.0 Å². The minimum atomic E-state index is -3.48. The van der Waals surface area contributed by atoms with Crippen LogP contribution in [0.3, 0.4) is 0 Å². The molecule has 3 aromatic rings. The lowest BCUT2D eigenvalue weighted by molar-refractivity contribution is 0.102. The van der Waals surface area contributed by atoms with Gasteiger partial charge in [0.15, 0.2) is 9.84 Å². The number of nitrogens with zero attached hydrogens (tertiary/aromatic N) is 1. The lowest BCUT2D eigenvalue weighted by atomic mass is 10.1. The first kappa shape index (κ1) is 29.1. The molecule has 0 unspecified atom stereocenters. The van der Waals surface area contributed by atoms with Gasteiger partial charge in [0.05, 0.1) is 26.7 Å². The maximum absolute atomic E-state index is 13.4. The summed E-state index contributed by atoms with van der Waals surface area (Å²) in [5.74, 6) is -0.632. The van der Waals surface area contributed by atoms with Crippen molar-refractivity contribution in [3.63, 3.8) is 0 Å². The van der Waals surface area contributed by atoms with Crippen molar-refractivity contribution in [2.75, 3.05) is 35.3 Å². The van der Waals surface area contributed by atoms with Crippen molar-refractivity contribution in [2.24, 2.45) is 5.73 Å². The highest BCUT2D eigenvalue weighted by Crippen LogP contribution is 2.25. The number of carbonyl (C=O) groups excluding carboxylic acids is 2. The molecular formula is C27H32ClN5O4S. The summed E-state index contributed by atoms with van der Waals surface area (Å²) in [5, 5.41) is 9.14. The Labute approximate surface area is 228 Å². The molecule has 1 heterocycles. The van der Waals surface area contributed by atoms with Gasteiger partial charge in [-0.25, -0.2) is 13.4 Å². The van der Waals surface area contributed by atoms with Crippen LogP contribution in [0.4, 0.5) is 17.2 Å². The number of amides is 2. The number of unbranched alkanes of at least 4 members (excludes halogenated alkanes) is 3. The number of halogens is 1. The molecule has 0 spiro atoms. The zero-order chi connectivity index (χ0) is 27.7. The highest BCUT2D eigenvalue weighted by atomic mass is 35.5. The number of carbonyl (C=O) groups is 2. The minimum Gasteiger partial charge on any atom is -0.384 e. The molecule has 202 valence electrons. The van der Waals surface area contributed by atoms with E-state index in [4.69, 9.17) is 17.3 Å². The number of benzene rings is 2. The topological polar surface area (TPSA) is 143 Å². The fourth-order valence-electron chi connectivity index (χ4n) is 3.72. The van der Waals surface area contributed by atoms with Crippen LogP contribution in [-0.2, 0) is 9.84 Å². The van der Waals surface area contributed by atoms with Gasteiger partial charge in [-0.15, -0.1) is 0 Å². The first-order valence-corrected chi connectivity index (χ1v) is 14.5. The van der Waals surface area contributed by atoms with E-state index in [-0.39, 0.29) is 16.0 Å². The molecule has 0 atom stereocenters. The van der Waals surface area contributed by atoms with Gasteiger partial charge in [-0.3, -0.25) is 9.59 Å². The predicted octanol–water partition coefficient (Wildman–Crippen LogP) is 4.88. The van der Waals surface area contributed by atoms with Crippen molar-refractivity contribution in [3.05, 3.63) is 76.4 Å². The number of nitrogens with one attached hydrogen (secondary N) is 3. The third kappa shape index (κ3) is 8.27. The van der Waals surface area contributed by atoms with Crippen LogP contribution in [0.5, 0.6) is 0 Å². The van der Waals surface area contributed by atoms with Gasteiger partial charge in [-0.05, 0) is 68.8 Å². The number of aromatic nitrogens is 1. The average molecular weight is 558 g/mol. The van der Waals surface area contributed by atoms with E-state index < -0.39 is 21.7 Å². The van der Waals surface area contributed by atoms with E-state index in [0.717, 1.165) is 37.5 Å². The number of rotatable bonds is 12. The van der Waals surface area contributed by atoms with E-state index in [0.29, 0.717) is 35.3 Å². The third-order valence-corrected chi connectivity index (χ3v) is 7.08. The molecule has 5 N–H and O–H groups in total. The fourth-order valence-corrected chi connectivity index (χ4v) is 4.48. The molecule has 1 aromatic heterocycles. The summed E-state index contributed by atoms with van der Waals surface area (Å²) in [6.07, 6.45) is 6.28. The van der Waals surface area contributed by atoms with Gasteiger partial charge >= 0.3 is 0 Å². The standard InChI is InChI=1S/C27H32ClN5O4S/c1-18-7-11-23(22(15-18)27(35)33-25-12-8-19(28)17-31-25)32-26(34)21-10-9-20(38(2,36)37)16-24(21)30-14-6-4-3-5-13-29/h7-12,15-17,30H,3-6,13-14,29H2,1-2H3,(H,32,34)(H,31,33,35). The summed E-state index contributed by atoms with van der Waals surface area (Å²) in [6, 6.07) is 12.6. The van der Waals surface area contributed by atoms with E-state index in [1.165, 1.54) is 24.4 Å². The van der Waals surface area contributed by atoms with Gasteiger partial charge in [0.25, 0.3) is 11.8 Å². The number of aryl methyl sites for hydroxylation is 1. The Balaban J connectivity index is 1.84. The monoisotopic (exact) mass is 557 g/mol. The molecule has 2 aromatic carbocycles. The Morgan fingerprint density at radius 3 is 2.32 bits per heavy atom. The van der Waals surface area contributed by atoms with E-state index >= 15 is 0 Å². The number of hydrogen-bond acceptors (Lipinski definition) is 7. The molecule has 0 aliphatic rings. The van der Waals surface area contributed by atoms with Crippen LogP contribution in [0.2, 0.25) is 5.02 Å². The smallest absolute Gasteiger partial charge is 0.258 e. The molecule has 0 fully saturated rings. The summed E-state index contributed by atoms with van der Waals surface area (Å²) in [4.78, 5) is 30.6. The second-order valence-corrected chi connectivity index (χ2v) is 11.4. The average Bonchev–Trinajstić information content (AvgIpc) is 2.87. The van der Waals surface area contributed by atoms with Crippen molar-refractivity contribution in [3.8, 4) is 0 Å². The summed E-state index contributed by atoms with van der Waals surface area (Å²) < 4.78 is 24.3. The van der Waals surface area contributed by atoms with Crippen molar-refractivity contribution in [2.45, 2.75) is 37.5 Å². The second kappa shape index (κ2) is 13.4. The molecule has 9 nitrogen and oxygen atoms in total. The molecule has 0 aliphatic heterocycles. The van der Waals surface area contributed by atoms with Gasteiger partial charge in [-0.1, -0.05) is 36.1 Å². The molecule has 0 saturated heterocycles. The first-order chi connectivity index (χ1) is 18.1. The van der Waals surface area contributed by atoms with Crippen LogP contribution < -0.4 is 21.7 Å². The van der Waals surface area contributed by atoms with Gasteiger partial charge in [0, 0.05) is 24.7 Å². The fraction of sp³-hybridized carbons (Fsp3) is 0.296. The van der Waals surface area contributed by atoms with Crippen LogP contribution in [0, 0.1) is 6.92 Å². The molecule has 0 aliphatic carbocycles. The molecule has 2 amide bonds. The second-order valence-electron chi connectivity index (χ2n) is 8.93. The van der Waals surface area contributed by atoms with E-state index in [1.54, 1.807) is 30.3 Å². The minimum absolute atomic E-state index is 0.102. The molecule has 0 saturated carbocycles. The van der Waals surface area contributed by atoms with Crippen molar-refractivity contribution in [1.29, 1.82) is 0 Å². The highest BCUT2D eigenvalue weighted by Gasteiger charge is 2.19. The van der Waals surface area contributed by atoms with Gasteiger partial charge in [0.1, 0.15) is 5.82 Å². The number of sulfone groups is 1. The van der Waals surface area contributed by atoms with E-state index in [2.05, 4.69) is 20.9 Å². The van der Waals surface area contributed by atoms with Crippen molar-refractivity contribution >= 4 is 50.4 Å². The van der Waals surface area contributed by atoms with Crippen molar-refractivity contribution in [1.82, 2.24) is 4.98 Å². The number of nitrogens with two attached hydrogens (primary N) is 1. The first-order valence-electron chi connectivity index (χ1n) is 12.2. The van der Waals surface area contributed by atoms with Crippen molar-refractivity contribution < 1.29 is 18.0 Å². The summed E-state index contributed by atoms with van der Waals surface area (Å²) in [5.41, 5.74) is 7.56. The van der Waals surface area contributed by atoms with Gasteiger partial charge < -0.3 is 21.7 Å². The lowest BCUT2D eigenvalue weighted by Gasteiger charge is -2.16. The molecule has 11 heteroatoms. The van der Waals surface area contributed by atoms with Crippen LogP contribution in [-0.4, -0.2) is 44.6 Å². The third-order valence-electron chi connectivity index (χ3n) is 5.75. The number of anilines is 3. The Morgan fingerprint density at radius 1 is 0.895 bits per heavy atom. The van der Waals surface area contributed by atoms with Gasteiger partial charge in [0.2, 0.25) is 0 Å². The predicted molar refractivity (Wildman–Crippen MR) is 152 cm³/mol. The molecule has 38 heavy (non-hydrogen) atoms. The maximum atomic E-state index is 13.4. The molecule has 3 rings (SSSR count). The maximum Gasteiger partial charge on any atom is 0.258 e. The SMILES string of the molecule is Cc1ccc(NC(=O)c2ccc(S(C)(=O)=O)cc2NCCCCCCN)c(C(=O)Nc2ccc(Cl)cn2)c1. The van der Waals surface area contributed by atoms with Gasteiger partial charge in [-0.2, -0.15) is 0 Å². The number of pyridine rings is 1.